The lowest BCUT2D eigenvalue weighted by Crippen LogP contribution is -2.45. The molecule has 0 bridgehead atoms. The van der Waals surface area contributed by atoms with Gasteiger partial charge in [-0.05, 0) is 44.0 Å². The second-order valence-electron chi connectivity index (χ2n) is 7.50. The number of phenols is 1. The first-order chi connectivity index (χ1) is 13.7. The third kappa shape index (κ3) is 7.37. The second kappa shape index (κ2) is 9.82. The molecule has 1 amide bonds. The van der Waals surface area contributed by atoms with E-state index in [4.69, 9.17) is 14.2 Å². The van der Waals surface area contributed by atoms with Crippen molar-refractivity contribution in [3.63, 3.8) is 0 Å². The average molecular weight is 401 g/mol. The molecule has 0 fully saturated rings. The van der Waals surface area contributed by atoms with E-state index in [2.05, 4.69) is 5.32 Å². The summed E-state index contributed by atoms with van der Waals surface area (Å²) < 4.78 is 15.7. The lowest BCUT2D eigenvalue weighted by molar-refractivity contribution is -0.143. The molecule has 2 aromatic rings. The molecule has 2 rings (SSSR count). The van der Waals surface area contributed by atoms with Crippen molar-refractivity contribution in [3.8, 4) is 11.5 Å². The van der Waals surface area contributed by atoms with Gasteiger partial charge in [-0.15, -0.1) is 0 Å². The highest BCUT2D eigenvalue weighted by atomic mass is 16.6. The fourth-order valence-corrected chi connectivity index (χ4v) is 2.56. The minimum absolute atomic E-state index is 0.0144. The first-order valence-corrected chi connectivity index (χ1v) is 9.24. The van der Waals surface area contributed by atoms with Crippen LogP contribution in [0.4, 0.5) is 4.79 Å². The second-order valence-corrected chi connectivity index (χ2v) is 7.50. The summed E-state index contributed by atoms with van der Waals surface area (Å²) in [4.78, 5) is 24.2. The Labute approximate surface area is 170 Å². The van der Waals surface area contributed by atoms with E-state index < -0.39 is 23.7 Å². The normalized spacial score (nSPS) is 12.0. The number of carbonyl (C=O) groups is 2. The molecule has 1 atom stereocenters. The molecule has 0 heterocycles. The van der Waals surface area contributed by atoms with Crippen LogP contribution in [0.1, 0.15) is 31.9 Å². The zero-order valence-electron chi connectivity index (χ0n) is 17.1. The number of nitrogens with one attached hydrogen (secondary N) is 1. The van der Waals surface area contributed by atoms with Crippen LogP contribution in [0, 0.1) is 0 Å². The van der Waals surface area contributed by atoms with Gasteiger partial charge in [-0.3, -0.25) is 0 Å². The van der Waals surface area contributed by atoms with Gasteiger partial charge in [-0.2, -0.15) is 0 Å². The molecule has 7 heteroatoms. The number of ether oxygens (including phenoxy) is 3. The molecule has 0 saturated heterocycles. The molecule has 0 radical (unpaired) electrons. The van der Waals surface area contributed by atoms with E-state index in [-0.39, 0.29) is 24.5 Å². The highest BCUT2D eigenvalue weighted by molar-refractivity contribution is 5.81. The van der Waals surface area contributed by atoms with Crippen molar-refractivity contribution in [1.29, 1.82) is 0 Å². The number of amides is 1. The zero-order chi connectivity index (χ0) is 21.4. The standard InChI is InChI=1S/C22H27NO6/c1-22(2,3)29-21(26)23-17(20(25)27-4)12-16-10-11-18(24)19(13-16)28-14-15-8-6-5-7-9-15/h5-11,13,17,24H,12,14H2,1-4H3,(H,23,26)/t17-/m0/s1. The number of alkyl carbamates (subject to hydrolysis) is 1. The van der Waals surface area contributed by atoms with Gasteiger partial charge in [0.25, 0.3) is 0 Å². The van der Waals surface area contributed by atoms with Crippen molar-refractivity contribution < 1.29 is 28.9 Å². The lowest BCUT2D eigenvalue weighted by Gasteiger charge is -2.22. The van der Waals surface area contributed by atoms with Crippen LogP contribution in [0.5, 0.6) is 11.5 Å². The summed E-state index contributed by atoms with van der Waals surface area (Å²) in [7, 11) is 1.25. The van der Waals surface area contributed by atoms with Crippen molar-refractivity contribution in [1.82, 2.24) is 5.32 Å². The van der Waals surface area contributed by atoms with Gasteiger partial charge in [0, 0.05) is 6.42 Å². The van der Waals surface area contributed by atoms with Crippen LogP contribution in [0.2, 0.25) is 0 Å². The monoisotopic (exact) mass is 401 g/mol. The summed E-state index contributed by atoms with van der Waals surface area (Å²) in [6.45, 7) is 5.48. The smallest absolute Gasteiger partial charge is 0.408 e. The number of aromatic hydroxyl groups is 1. The van der Waals surface area contributed by atoms with Gasteiger partial charge < -0.3 is 24.6 Å². The van der Waals surface area contributed by atoms with Crippen molar-refractivity contribution in [2.24, 2.45) is 0 Å². The first-order valence-electron chi connectivity index (χ1n) is 9.24. The summed E-state index contributed by atoms with van der Waals surface area (Å²) in [5.41, 5.74) is 0.940. The minimum atomic E-state index is -0.943. The molecular formula is C22H27NO6. The summed E-state index contributed by atoms with van der Waals surface area (Å²) in [5.74, 6) is -0.331. The number of carbonyl (C=O) groups excluding carboxylic acids is 2. The van der Waals surface area contributed by atoms with Crippen LogP contribution in [0.25, 0.3) is 0 Å². The highest BCUT2D eigenvalue weighted by Crippen LogP contribution is 2.28. The van der Waals surface area contributed by atoms with Crippen molar-refractivity contribution >= 4 is 12.1 Å². The molecule has 29 heavy (non-hydrogen) atoms. The summed E-state index contributed by atoms with van der Waals surface area (Å²) in [5, 5.41) is 12.6. The van der Waals surface area contributed by atoms with Gasteiger partial charge >= 0.3 is 12.1 Å². The van der Waals surface area contributed by atoms with E-state index in [0.29, 0.717) is 5.56 Å². The van der Waals surface area contributed by atoms with Gasteiger partial charge in [-0.25, -0.2) is 9.59 Å². The topological polar surface area (TPSA) is 94.1 Å². The molecule has 2 N–H and O–H groups in total. The van der Waals surface area contributed by atoms with Gasteiger partial charge in [0.15, 0.2) is 11.5 Å². The summed E-state index contributed by atoms with van der Waals surface area (Å²) >= 11 is 0. The Morgan fingerprint density at radius 2 is 1.76 bits per heavy atom. The third-order valence-corrected chi connectivity index (χ3v) is 3.88. The molecular weight excluding hydrogens is 374 g/mol. The van der Waals surface area contributed by atoms with E-state index >= 15 is 0 Å². The Balaban J connectivity index is 2.10. The average Bonchev–Trinajstić information content (AvgIpc) is 2.66. The Morgan fingerprint density at radius 1 is 1.07 bits per heavy atom. The summed E-state index contributed by atoms with van der Waals surface area (Å²) in [6, 6.07) is 13.4. The maximum absolute atomic E-state index is 12.1. The van der Waals surface area contributed by atoms with Crippen LogP contribution in [-0.4, -0.2) is 35.9 Å². The van der Waals surface area contributed by atoms with Gasteiger partial charge in [0.2, 0.25) is 0 Å². The number of benzene rings is 2. The number of rotatable bonds is 7. The molecule has 0 unspecified atom stereocenters. The molecule has 156 valence electrons. The minimum Gasteiger partial charge on any atom is -0.504 e. The number of phenolic OH excluding ortho intramolecular Hbond substituents is 1. The van der Waals surface area contributed by atoms with Crippen LogP contribution < -0.4 is 10.1 Å². The van der Waals surface area contributed by atoms with Crippen LogP contribution in [0.15, 0.2) is 48.5 Å². The largest absolute Gasteiger partial charge is 0.504 e. The van der Waals surface area contributed by atoms with Crippen LogP contribution in [0.3, 0.4) is 0 Å². The molecule has 0 aliphatic rings. The maximum Gasteiger partial charge on any atom is 0.408 e. The fourth-order valence-electron chi connectivity index (χ4n) is 2.56. The molecule has 0 aliphatic heterocycles. The van der Waals surface area contributed by atoms with E-state index in [0.717, 1.165) is 5.56 Å². The Morgan fingerprint density at radius 3 is 2.38 bits per heavy atom. The maximum atomic E-state index is 12.1. The highest BCUT2D eigenvalue weighted by Gasteiger charge is 2.25. The van der Waals surface area contributed by atoms with Crippen LogP contribution in [-0.2, 0) is 27.3 Å². The Hall–Kier alpha value is -3.22. The predicted octanol–water partition coefficient (Wildman–Crippen LogP) is 3.58. The Kier molecular flexibility index (Phi) is 7.47. The van der Waals surface area contributed by atoms with Crippen molar-refractivity contribution in [2.75, 3.05) is 7.11 Å². The number of hydrogen-bond donors (Lipinski definition) is 2. The molecule has 2 aromatic carbocycles. The van der Waals surface area contributed by atoms with Gasteiger partial charge in [-0.1, -0.05) is 36.4 Å². The number of hydrogen-bond acceptors (Lipinski definition) is 6. The van der Waals surface area contributed by atoms with Gasteiger partial charge in [0.05, 0.1) is 7.11 Å². The van der Waals surface area contributed by atoms with E-state index in [1.165, 1.54) is 13.2 Å². The van der Waals surface area contributed by atoms with Crippen LogP contribution >= 0.6 is 0 Å². The molecule has 0 spiro atoms. The van der Waals surface area contributed by atoms with Gasteiger partial charge in [0.1, 0.15) is 18.2 Å². The Bertz CT molecular complexity index is 829. The SMILES string of the molecule is COC(=O)[C@H](Cc1ccc(O)c(OCc2ccccc2)c1)NC(=O)OC(C)(C)C. The van der Waals surface area contributed by atoms with E-state index in [1.54, 1.807) is 32.9 Å². The molecule has 0 aromatic heterocycles. The number of esters is 1. The molecule has 7 nitrogen and oxygen atoms in total. The van der Waals surface area contributed by atoms with E-state index in [9.17, 15) is 14.7 Å². The zero-order valence-corrected chi connectivity index (χ0v) is 17.1. The fraction of sp³-hybridized carbons (Fsp3) is 0.364. The predicted molar refractivity (Wildman–Crippen MR) is 108 cm³/mol. The first kappa shape index (κ1) is 22.1. The molecule has 0 saturated carbocycles. The lowest BCUT2D eigenvalue weighted by atomic mass is 10.1. The quantitative estimate of drug-likeness (QED) is 0.689. The summed E-state index contributed by atoms with van der Waals surface area (Å²) in [6.07, 6.45) is -0.569. The van der Waals surface area contributed by atoms with E-state index in [1.807, 2.05) is 30.3 Å². The number of methoxy groups -OCH3 is 1. The van der Waals surface area contributed by atoms with Crippen molar-refractivity contribution in [2.45, 2.75) is 45.4 Å². The van der Waals surface area contributed by atoms with Crippen molar-refractivity contribution in [3.05, 3.63) is 59.7 Å². The third-order valence-electron chi connectivity index (χ3n) is 3.88. The molecule has 0 aliphatic carbocycles.